The van der Waals surface area contributed by atoms with Crippen LogP contribution in [0.1, 0.15) is 26.0 Å². The van der Waals surface area contributed by atoms with Crippen LogP contribution in [0.3, 0.4) is 0 Å². The van der Waals surface area contributed by atoms with Crippen molar-refractivity contribution in [2.75, 3.05) is 39.3 Å². The van der Waals surface area contributed by atoms with Gasteiger partial charge >= 0.3 is 6.18 Å². The number of guanidine groups is 1. The standard InChI is InChI=1S/C22H30F3N5O.HI/c1-3-26-21(27-12-19-15-31-20(28-19)18-8-6-5-7-9-18)30-11-10-17(14-30)13-29(4-2)16-22(23,24)25;/h5-9,15,17H,3-4,10-14,16H2,1-2H3,(H,26,27);1H. The molecule has 1 aliphatic rings. The van der Waals surface area contributed by atoms with Gasteiger partial charge < -0.3 is 14.6 Å². The highest BCUT2D eigenvalue weighted by Crippen LogP contribution is 2.22. The van der Waals surface area contributed by atoms with Crippen LogP contribution in [-0.2, 0) is 6.54 Å². The van der Waals surface area contributed by atoms with Crippen molar-refractivity contribution in [3.05, 3.63) is 42.3 Å². The van der Waals surface area contributed by atoms with E-state index >= 15 is 0 Å². The van der Waals surface area contributed by atoms with Crippen LogP contribution in [0.5, 0.6) is 0 Å². The number of aliphatic imine (C=N–C) groups is 1. The molecule has 6 nitrogen and oxygen atoms in total. The Labute approximate surface area is 204 Å². The molecule has 2 aromatic rings. The maximum Gasteiger partial charge on any atom is 0.401 e. The van der Waals surface area contributed by atoms with Crippen molar-refractivity contribution in [1.82, 2.24) is 20.1 Å². The summed E-state index contributed by atoms with van der Waals surface area (Å²) in [5.74, 6) is 1.50. The molecule has 32 heavy (non-hydrogen) atoms. The van der Waals surface area contributed by atoms with Crippen LogP contribution in [-0.4, -0.2) is 66.2 Å². The summed E-state index contributed by atoms with van der Waals surface area (Å²) in [7, 11) is 0. The topological polar surface area (TPSA) is 56.9 Å². The molecule has 3 rings (SSSR count). The lowest BCUT2D eigenvalue weighted by Gasteiger charge is -2.26. The zero-order valence-electron chi connectivity index (χ0n) is 18.4. The Morgan fingerprint density at radius 2 is 2.03 bits per heavy atom. The minimum atomic E-state index is -4.17. The van der Waals surface area contributed by atoms with Gasteiger partial charge in [-0.05, 0) is 37.9 Å². The zero-order chi connectivity index (χ0) is 22.3. The average molecular weight is 565 g/mol. The average Bonchev–Trinajstić information content (AvgIpc) is 3.40. The third-order valence-corrected chi connectivity index (χ3v) is 5.25. The number of benzene rings is 1. The number of aromatic nitrogens is 1. The van der Waals surface area contributed by atoms with Crippen molar-refractivity contribution in [3.63, 3.8) is 0 Å². The van der Waals surface area contributed by atoms with E-state index < -0.39 is 12.7 Å². The fourth-order valence-corrected chi connectivity index (χ4v) is 3.77. The van der Waals surface area contributed by atoms with E-state index in [0.717, 1.165) is 30.2 Å². The van der Waals surface area contributed by atoms with Crippen LogP contribution in [0.15, 0.2) is 46.0 Å². The molecule has 1 aliphatic heterocycles. The molecule has 2 heterocycles. The molecule has 178 valence electrons. The molecule has 1 N–H and O–H groups in total. The molecule has 10 heteroatoms. The predicted molar refractivity (Wildman–Crippen MR) is 130 cm³/mol. The van der Waals surface area contributed by atoms with Gasteiger partial charge in [-0.15, -0.1) is 24.0 Å². The number of nitrogens with zero attached hydrogens (tertiary/aromatic N) is 4. The van der Waals surface area contributed by atoms with Gasteiger partial charge in [0.1, 0.15) is 12.0 Å². The summed E-state index contributed by atoms with van der Waals surface area (Å²) in [6.07, 6.45) is -1.71. The number of alkyl halides is 3. The van der Waals surface area contributed by atoms with Gasteiger partial charge in [0.2, 0.25) is 5.89 Å². The van der Waals surface area contributed by atoms with E-state index in [4.69, 9.17) is 4.42 Å². The van der Waals surface area contributed by atoms with Gasteiger partial charge in [0.15, 0.2) is 5.96 Å². The number of hydrogen-bond donors (Lipinski definition) is 1. The number of oxazole rings is 1. The number of hydrogen-bond acceptors (Lipinski definition) is 4. The summed E-state index contributed by atoms with van der Waals surface area (Å²) >= 11 is 0. The molecule has 1 fully saturated rings. The van der Waals surface area contributed by atoms with Gasteiger partial charge in [0.05, 0.1) is 13.1 Å². The maximum absolute atomic E-state index is 12.7. The smallest absolute Gasteiger partial charge is 0.401 e. The van der Waals surface area contributed by atoms with Crippen molar-refractivity contribution in [1.29, 1.82) is 0 Å². The first-order valence-electron chi connectivity index (χ1n) is 10.7. The zero-order valence-corrected chi connectivity index (χ0v) is 20.8. The van der Waals surface area contributed by atoms with Crippen molar-refractivity contribution in [2.24, 2.45) is 10.9 Å². The van der Waals surface area contributed by atoms with Gasteiger partial charge in [-0.25, -0.2) is 9.98 Å². The van der Waals surface area contributed by atoms with Gasteiger partial charge in [-0.1, -0.05) is 25.1 Å². The Morgan fingerprint density at radius 1 is 1.28 bits per heavy atom. The minimum Gasteiger partial charge on any atom is -0.444 e. The second-order valence-corrected chi connectivity index (χ2v) is 7.72. The van der Waals surface area contributed by atoms with Crippen LogP contribution in [0.25, 0.3) is 11.5 Å². The van der Waals surface area contributed by atoms with Crippen molar-refractivity contribution in [2.45, 2.75) is 33.0 Å². The van der Waals surface area contributed by atoms with E-state index in [1.54, 1.807) is 13.2 Å². The summed E-state index contributed by atoms with van der Waals surface area (Å²) in [6, 6.07) is 9.67. The molecule has 1 saturated heterocycles. The van der Waals surface area contributed by atoms with Crippen LogP contribution in [0.2, 0.25) is 0 Å². The minimum absolute atomic E-state index is 0. The highest BCUT2D eigenvalue weighted by Gasteiger charge is 2.33. The third-order valence-electron chi connectivity index (χ3n) is 5.25. The highest BCUT2D eigenvalue weighted by atomic mass is 127. The summed E-state index contributed by atoms with van der Waals surface area (Å²) < 4.78 is 43.8. The van der Waals surface area contributed by atoms with Gasteiger partial charge in [-0.3, -0.25) is 4.90 Å². The second kappa shape index (κ2) is 12.4. The molecule has 1 aromatic carbocycles. The van der Waals surface area contributed by atoms with Gasteiger partial charge in [0, 0.05) is 31.7 Å². The Morgan fingerprint density at radius 3 is 2.69 bits per heavy atom. The van der Waals surface area contributed by atoms with Crippen molar-refractivity contribution < 1.29 is 17.6 Å². The molecular weight excluding hydrogens is 534 g/mol. The lowest BCUT2D eigenvalue weighted by atomic mass is 10.1. The lowest BCUT2D eigenvalue weighted by Crippen LogP contribution is -2.41. The number of rotatable bonds is 8. The Kier molecular flexibility index (Phi) is 10.3. The summed E-state index contributed by atoms with van der Waals surface area (Å²) in [5.41, 5.74) is 1.64. The van der Waals surface area contributed by atoms with Gasteiger partial charge in [0.25, 0.3) is 0 Å². The monoisotopic (exact) mass is 565 g/mol. The summed E-state index contributed by atoms with van der Waals surface area (Å²) in [5, 5.41) is 3.28. The second-order valence-electron chi connectivity index (χ2n) is 7.72. The molecule has 0 amide bonds. The summed E-state index contributed by atoms with van der Waals surface area (Å²) in [4.78, 5) is 12.8. The molecule has 1 aromatic heterocycles. The van der Waals surface area contributed by atoms with Gasteiger partial charge in [-0.2, -0.15) is 13.2 Å². The fraction of sp³-hybridized carbons (Fsp3) is 0.545. The fourth-order valence-electron chi connectivity index (χ4n) is 3.77. The van der Waals surface area contributed by atoms with E-state index in [1.807, 2.05) is 37.3 Å². The number of halogens is 4. The van der Waals surface area contributed by atoms with Crippen LogP contribution >= 0.6 is 24.0 Å². The first-order valence-corrected chi connectivity index (χ1v) is 10.7. The Bertz CT molecular complexity index is 844. The van der Waals surface area contributed by atoms with Crippen molar-refractivity contribution >= 4 is 29.9 Å². The molecule has 0 saturated carbocycles. The Hall–Kier alpha value is -1.82. The molecule has 0 bridgehead atoms. The molecule has 0 aliphatic carbocycles. The molecule has 1 unspecified atom stereocenters. The van der Waals surface area contributed by atoms with E-state index in [1.165, 1.54) is 4.90 Å². The maximum atomic E-state index is 12.7. The SMILES string of the molecule is CCNC(=NCc1coc(-c2ccccc2)n1)N1CCC(CN(CC)CC(F)(F)F)C1.I. The third kappa shape index (κ3) is 7.95. The number of likely N-dealkylation sites (tertiary alicyclic amines) is 1. The van der Waals surface area contributed by atoms with Crippen LogP contribution in [0, 0.1) is 5.92 Å². The summed E-state index contributed by atoms with van der Waals surface area (Å²) in [6.45, 7) is 6.28. The molecule has 1 atom stereocenters. The molecule has 0 spiro atoms. The lowest BCUT2D eigenvalue weighted by molar-refractivity contribution is -0.146. The quantitative estimate of drug-likeness (QED) is 0.288. The van der Waals surface area contributed by atoms with E-state index in [-0.39, 0.29) is 29.9 Å². The Balaban J connectivity index is 0.00000363. The molecular formula is C22H31F3IN5O. The first-order chi connectivity index (χ1) is 14.9. The predicted octanol–water partition coefficient (Wildman–Crippen LogP) is 4.63. The van der Waals surface area contributed by atoms with E-state index in [2.05, 4.69) is 20.2 Å². The normalized spacial score (nSPS) is 17.0. The van der Waals surface area contributed by atoms with Crippen LogP contribution < -0.4 is 5.32 Å². The van der Waals surface area contributed by atoms with Crippen LogP contribution in [0.4, 0.5) is 13.2 Å². The van der Waals surface area contributed by atoms with Crippen molar-refractivity contribution in [3.8, 4) is 11.5 Å². The van der Waals surface area contributed by atoms with E-state index in [9.17, 15) is 13.2 Å². The highest BCUT2D eigenvalue weighted by molar-refractivity contribution is 14.0. The number of nitrogens with one attached hydrogen (secondary N) is 1. The van der Waals surface area contributed by atoms with E-state index in [0.29, 0.717) is 38.6 Å². The molecule has 0 radical (unpaired) electrons. The first kappa shape index (κ1) is 26.4. The largest absolute Gasteiger partial charge is 0.444 e.